The predicted octanol–water partition coefficient (Wildman–Crippen LogP) is 7.45. The molecule has 4 saturated carbocycles. The van der Waals surface area contributed by atoms with Crippen LogP contribution in [-0.2, 0) is 17.8 Å². The Hall–Kier alpha value is -4.85. The van der Waals surface area contributed by atoms with Crippen molar-refractivity contribution in [3.63, 3.8) is 0 Å². The van der Waals surface area contributed by atoms with Crippen LogP contribution in [0.25, 0.3) is 15.8 Å². The molecule has 12 nitrogen and oxygen atoms in total. The number of aromatic nitrogens is 2. The number of amides is 1. The van der Waals surface area contributed by atoms with Crippen molar-refractivity contribution in [2.75, 3.05) is 37.5 Å². The molecule has 5 N–H and O–H groups in total. The van der Waals surface area contributed by atoms with E-state index in [4.69, 9.17) is 15.0 Å². The number of aromatic carboxylic acids is 1. The molecule has 4 aromatic rings. The Kier molecular flexibility index (Phi) is 9.25. The summed E-state index contributed by atoms with van der Waals surface area (Å²) in [5.74, 6) is -0.274. The number of hydrogen-bond donors (Lipinski definition) is 5. The van der Waals surface area contributed by atoms with Crippen molar-refractivity contribution in [1.29, 1.82) is 5.41 Å². The van der Waals surface area contributed by atoms with Crippen molar-refractivity contribution in [1.82, 2.24) is 20.8 Å². The molecule has 2 unspecified atom stereocenters. The highest BCUT2D eigenvalue weighted by atomic mass is 32.1. The molecule has 2 aromatic heterocycles. The van der Waals surface area contributed by atoms with Crippen LogP contribution in [0, 0.1) is 21.7 Å². The molecule has 9 rings (SSSR count). The first-order valence-corrected chi connectivity index (χ1v) is 19.8. The van der Waals surface area contributed by atoms with E-state index in [-0.39, 0.29) is 33.4 Å². The number of hydrogen-bond acceptors (Lipinski definition) is 11. The van der Waals surface area contributed by atoms with Gasteiger partial charge in [-0.3, -0.25) is 14.9 Å². The lowest BCUT2D eigenvalue weighted by atomic mass is 9.39. The molecular formula is C42H49N7O5S. The maximum atomic E-state index is 13.7. The van der Waals surface area contributed by atoms with Crippen LogP contribution in [0.1, 0.15) is 96.8 Å². The van der Waals surface area contributed by atoms with Crippen LogP contribution in [0.2, 0.25) is 0 Å². The lowest BCUT2D eigenvalue weighted by Gasteiger charge is -2.69. The van der Waals surface area contributed by atoms with Crippen LogP contribution in [-0.4, -0.2) is 66.0 Å². The number of carboxylic acid groups (broad SMARTS) is 1. The van der Waals surface area contributed by atoms with Crippen molar-refractivity contribution < 1.29 is 24.3 Å². The number of nitrogens with zero attached hydrogens (tertiary/aromatic N) is 3. The Morgan fingerprint density at radius 2 is 1.73 bits per heavy atom. The minimum atomic E-state index is -1.17. The number of methoxy groups -OCH3 is 1. The lowest BCUT2D eigenvalue weighted by Crippen LogP contribution is -2.66. The number of para-hydroxylation sites is 1. The fourth-order valence-electron chi connectivity index (χ4n) is 11.5. The van der Waals surface area contributed by atoms with Crippen molar-refractivity contribution in [3.05, 3.63) is 82.2 Å². The van der Waals surface area contributed by atoms with E-state index in [0.29, 0.717) is 52.9 Å². The van der Waals surface area contributed by atoms with Gasteiger partial charge in [0.25, 0.3) is 5.91 Å². The smallest absolute Gasteiger partial charge is 0.355 e. The Morgan fingerprint density at radius 3 is 2.42 bits per heavy atom. The summed E-state index contributed by atoms with van der Waals surface area (Å²) in [4.78, 5) is 44.1. The molecule has 288 valence electrons. The third-order valence-electron chi connectivity index (χ3n) is 12.3. The number of carbonyl (C=O) groups is 2. The molecule has 1 amide bonds. The summed E-state index contributed by atoms with van der Waals surface area (Å²) >= 11 is 1.42. The fraction of sp³-hybridized carbons (Fsp3) is 0.452. The van der Waals surface area contributed by atoms with Crippen molar-refractivity contribution >= 4 is 56.2 Å². The Bertz CT molecular complexity index is 2200. The fourth-order valence-corrected chi connectivity index (χ4v) is 12.3. The third-order valence-corrected chi connectivity index (χ3v) is 13.2. The topological polar surface area (TPSA) is 162 Å². The maximum absolute atomic E-state index is 13.7. The standard InChI is InChI=1S/C42H49N7O5S/c1-25(45-24-41-19-39(2)18-40(3,20-41)22-42(21-39,23-41)54-44-4)29(16-43)27-11-13-34(47-35(27)37(51)52)49-15-14-26-30(17-49)28(10-12-32(26)53-5)36(50)48-38-46-31-8-6-7-9-33(31)55-38/h6-13,16,43-45H,14-15,17-24H2,1-5H3,(H,51,52)(H,46,48,50)/b29-25+,43-16?. The van der Waals surface area contributed by atoms with Crippen molar-refractivity contribution in [2.24, 2.45) is 16.2 Å². The number of allylic oxidation sites excluding steroid dienone is 2. The molecule has 0 radical (unpaired) electrons. The minimum absolute atomic E-state index is 0.0264. The van der Waals surface area contributed by atoms with E-state index in [1.54, 1.807) is 19.2 Å². The lowest BCUT2D eigenvalue weighted by molar-refractivity contribution is -0.260. The number of anilines is 2. The maximum Gasteiger partial charge on any atom is 0.355 e. The SMILES string of the molecule is CNOC12CC3(C)CC(C)(CC(CN/C(C)=C(\C=N)c4ccc(N5CCc6c(OC)ccc(C(=O)Nc7nc8ccccc8s7)c6C5)nc4C(=O)O)(C3)C1)C2. The zero-order chi connectivity index (χ0) is 38.8. The average molecular weight is 764 g/mol. The highest BCUT2D eigenvalue weighted by Crippen LogP contribution is 2.71. The monoisotopic (exact) mass is 763 g/mol. The Morgan fingerprint density at radius 1 is 0.982 bits per heavy atom. The molecule has 1 aliphatic heterocycles. The Balaban J connectivity index is 1.05. The van der Waals surface area contributed by atoms with Crippen molar-refractivity contribution in [3.8, 4) is 5.75 Å². The zero-order valence-corrected chi connectivity index (χ0v) is 32.9. The highest BCUT2D eigenvalue weighted by Gasteiger charge is 2.66. The van der Waals surface area contributed by atoms with Gasteiger partial charge in [0.15, 0.2) is 10.8 Å². The molecule has 0 saturated heterocycles. The van der Waals surface area contributed by atoms with Gasteiger partial charge in [-0.25, -0.2) is 20.2 Å². The van der Waals surface area contributed by atoms with Gasteiger partial charge < -0.3 is 25.5 Å². The number of nitrogens with one attached hydrogen (secondary N) is 4. The van der Waals surface area contributed by atoms with Crippen LogP contribution < -0.4 is 25.8 Å². The number of fused-ring (bicyclic) bond motifs is 2. The molecule has 5 aliphatic rings. The van der Waals surface area contributed by atoms with Crippen LogP contribution in [0.4, 0.5) is 10.9 Å². The van der Waals surface area contributed by atoms with Gasteiger partial charge in [-0.05, 0) is 110 Å². The molecule has 3 heterocycles. The van der Waals surface area contributed by atoms with E-state index in [2.05, 4.69) is 39.9 Å². The molecule has 4 aliphatic carbocycles. The van der Waals surface area contributed by atoms with Crippen LogP contribution >= 0.6 is 11.3 Å². The molecular weight excluding hydrogens is 715 g/mol. The van der Waals surface area contributed by atoms with E-state index in [1.165, 1.54) is 24.0 Å². The number of carbonyl (C=O) groups excluding carboxylic acids is 1. The largest absolute Gasteiger partial charge is 0.496 e. The van der Waals surface area contributed by atoms with Crippen LogP contribution in [0.15, 0.2) is 54.2 Å². The van der Waals surface area contributed by atoms with Gasteiger partial charge in [0.1, 0.15) is 11.6 Å². The van der Waals surface area contributed by atoms with Gasteiger partial charge in [0, 0.05) is 60.9 Å². The summed E-state index contributed by atoms with van der Waals surface area (Å²) in [6.07, 6.45) is 8.27. The molecule has 2 atom stereocenters. The van der Waals surface area contributed by atoms with Crippen LogP contribution in [0.5, 0.6) is 5.75 Å². The van der Waals surface area contributed by atoms with Gasteiger partial charge in [0.05, 0.1) is 22.9 Å². The number of rotatable bonds is 12. The number of benzene rings is 2. The second-order valence-corrected chi connectivity index (χ2v) is 18.0. The quantitative estimate of drug-likeness (QED) is 0.0724. The summed E-state index contributed by atoms with van der Waals surface area (Å²) in [5.41, 5.74) is 7.76. The third kappa shape index (κ3) is 6.76. The molecule has 4 fully saturated rings. The van der Waals surface area contributed by atoms with Gasteiger partial charge >= 0.3 is 5.97 Å². The summed E-state index contributed by atoms with van der Waals surface area (Å²) in [5, 5.41) is 26.1. The number of hydroxylamine groups is 1. The summed E-state index contributed by atoms with van der Waals surface area (Å²) < 4.78 is 6.67. The zero-order valence-electron chi connectivity index (χ0n) is 32.1. The second-order valence-electron chi connectivity index (χ2n) is 17.0. The predicted molar refractivity (Wildman–Crippen MR) is 215 cm³/mol. The first-order chi connectivity index (χ1) is 26.3. The number of pyridine rings is 1. The van der Waals surface area contributed by atoms with Gasteiger partial charge in [-0.1, -0.05) is 37.3 Å². The number of thiazole rings is 1. The molecule has 13 heteroatoms. The van der Waals surface area contributed by atoms with Gasteiger partial charge in [-0.2, -0.15) is 0 Å². The average Bonchev–Trinajstić information content (AvgIpc) is 3.54. The normalized spacial score (nSPS) is 27.0. The first-order valence-electron chi connectivity index (χ1n) is 18.9. The van der Waals surface area contributed by atoms with E-state index in [9.17, 15) is 14.7 Å². The summed E-state index contributed by atoms with van der Waals surface area (Å²) in [6, 6.07) is 14.9. The van der Waals surface area contributed by atoms with E-state index < -0.39 is 5.97 Å². The van der Waals surface area contributed by atoms with Crippen LogP contribution in [0.3, 0.4) is 0 Å². The van der Waals surface area contributed by atoms with E-state index in [0.717, 1.165) is 65.7 Å². The van der Waals surface area contributed by atoms with Gasteiger partial charge in [-0.15, -0.1) is 0 Å². The van der Waals surface area contributed by atoms with E-state index >= 15 is 0 Å². The highest BCUT2D eigenvalue weighted by molar-refractivity contribution is 7.22. The molecule has 0 spiro atoms. The summed E-state index contributed by atoms with van der Waals surface area (Å²) in [6.45, 7) is 8.31. The molecule has 55 heavy (non-hydrogen) atoms. The first kappa shape index (κ1) is 37.1. The van der Waals surface area contributed by atoms with Crippen molar-refractivity contribution in [2.45, 2.75) is 77.9 Å². The molecule has 2 aromatic carbocycles. The Labute approximate surface area is 325 Å². The minimum Gasteiger partial charge on any atom is -0.496 e. The molecule has 4 bridgehead atoms. The second kappa shape index (κ2) is 13.7. The van der Waals surface area contributed by atoms with E-state index in [1.807, 2.05) is 55.3 Å². The number of carboxylic acids is 1. The summed E-state index contributed by atoms with van der Waals surface area (Å²) in [7, 11) is 3.46. The van der Waals surface area contributed by atoms with Gasteiger partial charge in [0.2, 0.25) is 0 Å². The number of ether oxygens (including phenoxy) is 1.